The Balaban J connectivity index is 1.71. The molecule has 4 heteroatoms. The van der Waals surface area contributed by atoms with Crippen LogP contribution >= 0.6 is 0 Å². The van der Waals surface area contributed by atoms with Gasteiger partial charge in [0.05, 0.1) is 0 Å². The zero-order chi connectivity index (χ0) is 13.7. The zero-order valence-corrected chi connectivity index (χ0v) is 11.6. The number of aliphatic carboxylic acids is 1. The van der Waals surface area contributed by atoms with E-state index in [0.717, 1.165) is 19.3 Å². The molecule has 0 heterocycles. The molecule has 19 heavy (non-hydrogen) atoms. The average Bonchev–Trinajstić information content (AvgIpc) is 3.19. The number of hydrogen-bond donors (Lipinski definition) is 2. The fourth-order valence-corrected chi connectivity index (χ4v) is 2.97. The average molecular weight is 267 g/mol. The van der Waals surface area contributed by atoms with Crippen LogP contribution in [0, 0.1) is 11.8 Å². The molecule has 0 spiro atoms. The molecule has 0 unspecified atom stereocenters. The Morgan fingerprint density at radius 1 is 1.05 bits per heavy atom. The molecule has 0 aromatic heterocycles. The maximum atomic E-state index is 11.7. The molecule has 1 atom stereocenters. The van der Waals surface area contributed by atoms with Crippen LogP contribution in [0.15, 0.2) is 0 Å². The molecular formula is C15H25NO3. The zero-order valence-electron chi connectivity index (χ0n) is 11.6. The summed E-state index contributed by atoms with van der Waals surface area (Å²) in [4.78, 5) is 22.9. The number of carbonyl (C=O) groups excluding carboxylic acids is 1. The number of carboxylic acid groups (broad SMARTS) is 1. The summed E-state index contributed by atoms with van der Waals surface area (Å²) in [6.45, 7) is 0. The van der Waals surface area contributed by atoms with Crippen molar-refractivity contribution in [3.63, 3.8) is 0 Å². The highest BCUT2D eigenvalue weighted by Gasteiger charge is 2.27. The standard InChI is InChI=1S/C15H25NO3/c17-14(10-12-6-7-12)16-13(15(18)19)9-8-11-4-2-1-3-5-11/h11-13H,1-10H2,(H,16,17)(H,18,19)/t13-/m0/s1. The van der Waals surface area contributed by atoms with Gasteiger partial charge in [-0.15, -0.1) is 0 Å². The number of carbonyl (C=O) groups is 2. The van der Waals surface area contributed by atoms with Crippen LogP contribution in [-0.2, 0) is 9.59 Å². The van der Waals surface area contributed by atoms with Gasteiger partial charge in [-0.25, -0.2) is 4.79 Å². The van der Waals surface area contributed by atoms with Crippen LogP contribution in [0.5, 0.6) is 0 Å². The van der Waals surface area contributed by atoms with E-state index in [1.807, 2.05) is 0 Å². The van der Waals surface area contributed by atoms with E-state index in [4.69, 9.17) is 0 Å². The molecule has 2 aliphatic carbocycles. The summed E-state index contributed by atoms with van der Waals surface area (Å²) in [5.74, 6) is 0.197. The van der Waals surface area contributed by atoms with Gasteiger partial charge in [0.15, 0.2) is 0 Å². The second-order valence-electron chi connectivity index (χ2n) is 6.19. The molecule has 2 rings (SSSR count). The predicted octanol–water partition coefficient (Wildman–Crippen LogP) is 2.72. The second kappa shape index (κ2) is 6.92. The van der Waals surface area contributed by atoms with Crippen molar-refractivity contribution >= 4 is 11.9 Å². The van der Waals surface area contributed by atoms with E-state index in [1.165, 1.54) is 32.1 Å². The van der Waals surface area contributed by atoms with Gasteiger partial charge in [-0.1, -0.05) is 32.1 Å². The van der Waals surface area contributed by atoms with Crippen molar-refractivity contribution in [1.29, 1.82) is 0 Å². The van der Waals surface area contributed by atoms with Crippen molar-refractivity contribution in [3.05, 3.63) is 0 Å². The first-order chi connectivity index (χ1) is 9.15. The fraction of sp³-hybridized carbons (Fsp3) is 0.867. The van der Waals surface area contributed by atoms with Gasteiger partial charge in [0.1, 0.15) is 6.04 Å². The maximum Gasteiger partial charge on any atom is 0.326 e. The molecule has 0 saturated heterocycles. The van der Waals surface area contributed by atoms with Crippen LogP contribution in [0.3, 0.4) is 0 Å². The number of amides is 1. The van der Waals surface area contributed by atoms with Gasteiger partial charge in [0, 0.05) is 6.42 Å². The minimum atomic E-state index is -0.889. The normalized spacial score (nSPS) is 21.9. The molecule has 0 radical (unpaired) electrons. The van der Waals surface area contributed by atoms with Gasteiger partial charge in [-0.3, -0.25) is 4.79 Å². The molecule has 0 bridgehead atoms. The van der Waals surface area contributed by atoms with Gasteiger partial charge < -0.3 is 10.4 Å². The SMILES string of the molecule is O=C(CC1CC1)N[C@@H](CCC1CCCCC1)C(=O)O. The molecule has 2 fully saturated rings. The molecular weight excluding hydrogens is 242 g/mol. The number of hydrogen-bond acceptors (Lipinski definition) is 2. The second-order valence-corrected chi connectivity index (χ2v) is 6.19. The quantitative estimate of drug-likeness (QED) is 0.745. The molecule has 0 aromatic carbocycles. The summed E-state index contributed by atoms with van der Waals surface area (Å²) < 4.78 is 0. The molecule has 2 aliphatic rings. The third kappa shape index (κ3) is 5.21. The van der Waals surface area contributed by atoms with E-state index < -0.39 is 12.0 Å². The highest BCUT2D eigenvalue weighted by Crippen LogP contribution is 2.32. The van der Waals surface area contributed by atoms with Crippen molar-refractivity contribution in [2.24, 2.45) is 11.8 Å². The Morgan fingerprint density at radius 2 is 1.74 bits per heavy atom. The highest BCUT2D eigenvalue weighted by molar-refractivity contribution is 5.83. The summed E-state index contributed by atoms with van der Waals surface area (Å²) in [7, 11) is 0. The van der Waals surface area contributed by atoms with Crippen molar-refractivity contribution < 1.29 is 14.7 Å². The van der Waals surface area contributed by atoms with Crippen LogP contribution in [0.2, 0.25) is 0 Å². The Kier molecular flexibility index (Phi) is 5.23. The lowest BCUT2D eigenvalue weighted by Crippen LogP contribution is -2.41. The third-order valence-corrected chi connectivity index (χ3v) is 4.39. The van der Waals surface area contributed by atoms with Crippen LogP contribution in [0.1, 0.15) is 64.2 Å². The van der Waals surface area contributed by atoms with Gasteiger partial charge in [0.2, 0.25) is 5.91 Å². The molecule has 108 valence electrons. The minimum absolute atomic E-state index is 0.0847. The summed E-state index contributed by atoms with van der Waals surface area (Å²) in [5, 5.41) is 11.9. The van der Waals surface area contributed by atoms with E-state index in [9.17, 15) is 14.7 Å². The number of carboxylic acids is 1. The van der Waals surface area contributed by atoms with Gasteiger partial charge in [-0.2, -0.15) is 0 Å². The molecule has 1 amide bonds. The van der Waals surface area contributed by atoms with Crippen LogP contribution in [0.4, 0.5) is 0 Å². The molecule has 4 nitrogen and oxygen atoms in total. The third-order valence-electron chi connectivity index (χ3n) is 4.39. The molecule has 0 aromatic rings. The Labute approximate surface area is 115 Å². The van der Waals surface area contributed by atoms with Crippen molar-refractivity contribution in [2.75, 3.05) is 0 Å². The van der Waals surface area contributed by atoms with Crippen LogP contribution in [0.25, 0.3) is 0 Å². The lowest BCUT2D eigenvalue weighted by atomic mass is 9.85. The summed E-state index contributed by atoms with van der Waals surface area (Å²) in [5.41, 5.74) is 0. The summed E-state index contributed by atoms with van der Waals surface area (Å²) in [6, 6.07) is -0.687. The van der Waals surface area contributed by atoms with Gasteiger partial charge >= 0.3 is 5.97 Å². The van der Waals surface area contributed by atoms with Crippen LogP contribution < -0.4 is 5.32 Å². The monoisotopic (exact) mass is 267 g/mol. The summed E-state index contributed by atoms with van der Waals surface area (Å²) >= 11 is 0. The number of rotatable bonds is 7. The first kappa shape index (κ1) is 14.4. The van der Waals surface area contributed by atoms with E-state index in [0.29, 0.717) is 24.7 Å². The van der Waals surface area contributed by atoms with E-state index in [-0.39, 0.29) is 5.91 Å². The molecule has 0 aliphatic heterocycles. The molecule has 2 saturated carbocycles. The first-order valence-corrected chi connectivity index (χ1v) is 7.67. The Bertz CT molecular complexity index is 319. The molecule has 2 N–H and O–H groups in total. The van der Waals surface area contributed by atoms with Crippen molar-refractivity contribution in [1.82, 2.24) is 5.32 Å². The lowest BCUT2D eigenvalue weighted by molar-refractivity contribution is -0.142. The van der Waals surface area contributed by atoms with Gasteiger partial charge in [0.25, 0.3) is 0 Å². The minimum Gasteiger partial charge on any atom is -0.480 e. The lowest BCUT2D eigenvalue weighted by Gasteiger charge is -2.23. The predicted molar refractivity (Wildman–Crippen MR) is 72.7 cm³/mol. The van der Waals surface area contributed by atoms with Crippen molar-refractivity contribution in [2.45, 2.75) is 70.3 Å². The fourth-order valence-electron chi connectivity index (χ4n) is 2.97. The number of nitrogens with one attached hydrogen (secondary N) is 1. The Morgan fingerprint density at radius 3 is 2.32 bits per heavy atom. The van der Waals surface area contributed by atoms with E-state index in [1.54, 1.807) is 0 Å². The van der Waals surface area contributed by atoms with E-state index in [2.05, 4.69) is 5.32 Å². The van der Waals surface area contributed by atoms with Crippen molar-refractivity contribution in [3.8, 4) is 0 Å². The first-order valence-electron chi connectivity index (χ1n) is 7.67. The largest absolute Gasteiger partial charge is 0.480 e. The highest BCUT2D eigenvalue weighted by atomic mass is 16.4. The van der Waals surface area contributed by atoms with Gasteiger partial charge in [-0.05, 0) is 37.5 Å². The summed E-state index contributed by atoms with van der Waals surface area (Å²) in [6.07, 6.45) is 10.6. The van der Waals surface area contributed by atoms with Crippen LogP contribution in [-0.4, -0.2) is 23.0 Å². The maximum absolute atomic E-state index is 11.7. The topological polar surface area (TPSA) is 66.4 Å². The Hall–Kier alpha value is -1.06. The van der Waals surface area contributed by atoms with E-state index >= 15 is 0 Å². The smallest absolute Gasteiger partial charge is 0.326 e.